The molecule has 2 nitrogen and oxygen atoms in total. The van der Waals surface area contributed by atoms with E-state index >= 15 is 0 Å². The summed E-state index contributed by atoms with van der Waals surface area (Å²) in [5, 5.41) is 2.84. The van der Waals surface area contributed by atoms with Crippen LogP contribution in [0.2, 0.25) is 5.02 Å². The third-order valence-corrected chi connectivity index (χ3v) is 6.45. The Morgan fingerprint density at radius 1 is 0.632 bits per heavy atom. The van der Waals surface area contributed by atoms with E-state index in [9.17, 15) is 31.1 Å². The highest BCUT2D eigenvalue weighted by Gasteiger charge is 2.41. The maximum Gasteiger partial charge on any atom is 0.416 e. The summed E-state index contributed by atoms with van der Waals surface area (Å²) in [6.45, 7) is 0. The van der Waals surface area contributed by atoms with Crippen LogP contribution in [0.5, 0.6) is 0 Å². The molecule has 0 spiro atoms. The van der Waals surface area contributed by atoms with Gasteiger partial charge in [0.2, 0.25) is 0 Å². The lowest BCUT2D eigenvalue weighted by Crippen LogP contribution is -2.49. The van der Waals surface area contributed by atoms with E-state index in [4.69, 9.17) is 11.6 Å². The van der Waals surface area contributed by atoms with Crippen LogP contribution in [0.15, 0.2) is 103 Å². The van der Waals surface area contributed by atoms with E-state index in [1.807, 2.05) is 0 Å². The first-order valence-electron chi connectivity index (χ1n) is 11.4. The van der Waals surface area contributed by atoms with Gasteiger partial charge >= 0.3 is 12.4 Å². The Morgan fingerprint density at radius 3 is 1.61 bits per heavy atom. The van der Waals surface area contributed by atoms with Gasteiger partial charge < -0.3 is 5.32 Å². The quantitative estimate of drug-likeness (QED) is 0.242. The number of hydrogen-bond donors (Lipinski definition) is 1. The normalized spacial score (nSPS) is 12.3. The van der Waals surface area contributed by atoms with Crippen LogP contribution in [0.4, 0.5) is 26.3 Å². The lowest BCUT2D eigenvalue weighted by molar-refractivity contribution is -0.138. The Bertz CT molecular complexity index is 1380. The molecule has 9 heteroatoms. The van der Waals surface area contributed by atoms with Gasteiger partial charge in [-0.2, -0.15) is 26.3 Å². The minimum Gasteiger partial charge on any atom is -0.338 e. The van der Waals surface area contributed by atoms with Crippen molar-refractivity contribution in [3.8, 4) is 0 Å². The Hall–Kier alpha value is -3.78. The van der Waals surface area contributed by atoms with Gasteiger partial charge in [-0.15, -0.1) is 0 Å². The summed E-state index contributed by atoms with van der Waals surface area (Å²) in [4.78, 5) is 13.5. The molecule has 0 heterocycles. The van der Waals surface area contributed by atoms with Crippen LogP contribution < -0.4 is 5.32 Å². The van der Waals surface area contributed by atoms with E-state index in [-0.39, 0.29) is 28.1 Å². The number of halogens is 7. The molecule has 38 heavy (non-hydrogen) atoms. The number of benzene rings is 4. The molecule has 0 aliphatic heterocycles. The molecule has 1 N–H and O–H groups in total. The molecule has 0 bridgehead atoms. The number of alkyl halides is 6. The van der Waals surface area contributed by atoms with Gasteiger partial charge in [0.15, 0.2) is 0 Å². The monoisotopic (exact) mass is 547 g/mol. The van der Waals surface area contributed by atoms with Crippen LogP contribution >= 0.6 is 11.6 Å². The standard InChI is InChI=1S/C29H20ClF6NO/c30-25-15-5-4-14-24(25)26(38)37-27(18-19-8-2-1-3-9-19,20-10-6-12-22(16-20)28(31,32)33)21-11-7-13-23(17-21)29(34,35)36/h1-17H,18H2,(H,37,38). The predicted octanol–water partition coefficient (Wildman–Crippen LogP) is 8.29. The Balaban J connectivity index is 2.01. The number of rotatable bonds is 6. The first-order valence-corrected chi connectivity index (χ1v) is 11.7. The number of nitrogens with one attached hydrogen (secondary N) is 1. The lowest BCUT2D eigenvalue weighted by Gasteiger charge is -2.37. The molecule has 0 saturated carbocycles. The maximum atomic E-state index is 13.7. The summed E-state index contributed by atoms with van der Waals surface area (Å²) < 4.78 is 82.4. The van der Waals surface area contributed by atoms with Gasteiger partial charge in [0, 0.05) is 6.42 Å². The molecule has 4 rings (SSSR count). The zero-order valence-electron chi connectivity index (χ0n) is 19.6. The summed E-state index contributed by atoms with van der Waals surface area (Å²) in [5.74, 6) is -0.763. The average Bonchev–Trinajstić information content (AvgIpc) is 2.88. The second kappa shape index (κ2) is 10.5. The number of hydrogen-bond acceptors (Lipinski definition) is 1. The Kier molecular flexibility index (Phi) is 7.56. The fourth-order valence-corrected chi connectivity index (χ4v) is 4.51. The van der Waals surface area contributed by atoms with E-state index in [0.29, 0.717) is 5.56 Å². The second-order valence-corrected chi connectivity index (χ2v) is 9.07. The van der Waals surface area contributed by atoms with Crippen molar-refractivity contribution >= 4 is 17.5 Å². The molecule has 4 aromatic carbocycles. The molecular weight excluding hydrogens is 528 g/mol. The zero-order valence-corrected chi connectivity index (χ0v) is 20.3. The van der Waals surface area contributed by atoms with Crippen molar-refractivity contribution in [2.45, 2.75) is 24.3 Å². The van der Waals surface area contributed by atoms with Crippen molar-refractivity contribution in [3.63, 3.8) is 0 Å². The fraction of sp³-hybridized carbons (Fsp3) is 0.138. The van der Waals surface area contributed by atoms with Gasteiger partial charge in [-0.3, -0.25) is 4.79 Å². The topological polar surface area (TPSA) is 29.1 Å². The molecule has 196 valence electrons. The molecule has 0 aliphatic carbocycles. The summed E-state index contributed by atoms with van der Waals surface area (Å²) in [6, 6.07) is 22.9. The van der Waals surface area contributed by atoms with Crippen molar-refractivity contribution in [2.75, 3.05) is 0 Å². The van der Waals surface area contributed by atoms with Crippen LogP contribution in [0.25, 0.3) is 0 Å². The lowest BCUT2D eigenvalue weighted by atomic mass is 9.76. The molecule has 0 radical (unpaired) electrons. The molecule has 0 aliphatic rings. The molecule has 0 saturated heterocycles. The minimum absolute atomic E-state index is 0.0190. The van der Waals surface area contributed by atoms with E-state index in [0.717, 1.165) is 36.4 Å². The third kappa shape index (κ3) is 5.86. The first kappa shape index (κ1) is 27.3. The van der Waals surface area contributed by atoms with Crippen molar-refractivity contribution in [3.05, 3.63) is 142 Å². The average molecular weight is 548 g/mol. The zero-order chi connectivity index (χ0) is 27.6. The molecule has 0 fully saturated rings. The molecule has 0 unspecified atom stereocenters. The Labute approximate surface area is 219 Å². The summed E-state index contributed by atoms with van der Waals surface area (Å²) in [7, 11) is 0. The van der Waals surface area contributed by atoms with E-state index < -0.39 is 34.9 Å². The van der Waals surface area contributed by atoms with E-state index in [2.05, 4.69) is 5.32 Å². The number of carbonyl (C=O) groups is 1. The molecule has 0 aromatic heterocycles. The van der Waals surface area contributed by atoms with Crippen LogP contribution in [0.3, 0.4) is 0 Å². The highest BCUT2D eigenvalue weighted by molar-refractivity contribution is 6.33. The van der Waals surface area contributed by atoms with Gasteiger partial charge in [-0.25, -0.2) is 0 Å². The van der Waals surface area contributed by atoms with Crippen LogP contribution in [0, 0.1) is 0 Å². The smallest absolute Gasteiger partial charge is 0.338 e. The third-order valence-electron chi connectivity index (χ3n) is 6.12. The van der Waals surface area contributed by atoms with Gasteiger partial charge in [-0.05, 0) is 53.1 Å². The summed E-state index contributed by atoms with van der Waals surface area (Å²) >= 11 is 6.21. The van der Waals surface area contributed by atoms with Crippen LogP contribution in [-0.4, -0.2) is 5.91 Å². The molecular formula is C29H20ClF6NO. The van der Waals surface area contributed by atoms with Crippen molar-refractivity contribution < 1.29 is 31.1 Å². The highest BCUT2D eigenvalue weighted by Crippen LogP contribution is 2.40. The summed E-state index contributed by atoms with van der Waals surface area (Å²) in [6.07, 6.45) is -9.60. The molecule has 0 atom stereocenters. The van der Waals surface area contributed by atoms with Gasteiger partial charge in [0.25, 0.3) is 5.91 Å². The SMILES string of the molecule is O=C(NC(Cc1ccccc1)(c1cccc(C(F)(F)F)c1)c1cccc(C(F)(F)F)c1)c1ccccc1Cl. The van der Waals surface area contributed by atoms with Crippen LogP contribution in [0.1, 0.15) is 38.2 Å². The van der Waals surface area contributed by atoms with Gasteiger partial charge in [0.05, 0.1) is 27.3 Å². The second-order valence-electron chi connectivity index (χ2n) is 8.66. The number of carbonyl (C=O) groups excluding carboxylic acids is 1. The highest BCUT2D eigenvalue weighted by atomic mass is 35.5. The van der Waals surface area contributed by atoms with Gasteiger partial charge in [-0.1, -0.05) is 78.3 Å². The summed E-state index contributed by atoms with van der Waals surface area (Å²) in [5.41, 5.74) is -3.35. The molecule has 1 amide bonds. The largest absolute Gasteiger partial charge is 0.416 e. The molecule has 4 aromatic rings. The van der Waals surface area contributed by atoms with E-state index in [1.54, 1.807) is 42.5 Å². The Morgan fingerprint density at radius 2 is 1.11 bits per heavy atom. The van der Waals surface area contributed by atoms with Crippen LogP contribution in [-0.2, 0) is 24.3 Å². The van der Waals surface area contributed by atoms with Crippen molar-refractivity contribution in [2.24, 2.45) is 0 Å². The van der Waals surface area contributed by atoms with E-state index in [1.165, 1.54) is 24.3 Å². The van der Waals surface area contributed by atoms with Crippen molar-refractivity contribution in [1.29, 1.82) is 0 Å². The minimum atomic E-state index is -4.73. The predicted molar refractivity (Wildman–Crippen MR) is 133 cm³/mol. The first-order chi connectivity index (χ1) is 17.9. The van der Waals surface area contributed by atoms with Gasteiger partial charge in [0.1, 0.15) is 0 Å². The van der Waals surface area contributed by atoms with Crippen molar-refractivity contribution in [1.82, 2.24) is 5.32 Å². The number of amides is 1. The maximum absolute atomic E-state index is 13.7. The fourth-order valence-electron chi connectivity index (χ4n) is 4.29.